The lowest BCUT2D eigenvalue weighted by Crippen LogP contribution is -2.40. The summed E-state index contributed by atoms with van der Waals surface area (Å²) in [5.74, 6) is 0.295. The number of hydrogen-bond acceptors (Lipinski definition) is 7. The largest absolute Gasteiger partial charge is 0.493 e. The highest BCUT2D eigenvalue weighted by Gasteiger charge is 2.47. The molecule has 1 fully saturated rings. The highest BCUT2D eigenvalue weighted by Crippen LogP contribution is 2.47. The number of pyridine rings is 1. The predicted octanol–water partition coefficient (Wildman–Crippen LogP) is 4.65. The van der Waals surface area contributed by atoms with E-state index in [0.717, 1.165) is 34.7 Å². The molecule has 0 radical (unpaired) electrons. The summed E-state index contributed by atoms with van der Waals surface area (Å²) < 4.78 is 53.0. The fourth-order valence-electron chi connectivity index (χ4n) is 5.56. The van der Waals surface area contributed by atoms with Crippen molar-refractivity contribution in [2.24, 2.45) is 27.5 Å². The van der Waals surface area contributed by atoms with Crippen LogP contribution in [-0.4, -0.2) is 58.1 Å². The molecule has 0 spiro atoms. The molecule has 1 N–H and O–H groups in total. The second kappa shape index (κ2) is 10.7. The Bertz CT molecular complexity index is 1640. The first kappa shape index (κ1) is 28.7. The molecule has 2 atom stereocenters. The van der Waals surface area contributed by atoms with Crippen molar-refractivity contribution in [1.82, 2.24) is 20.0 Å². The third-order valence-corrected chi connectivity index (χ3v) is 8.22. The molecule has 2 unspecified atom stereocenters. The summed E-state index contributed by atoms with van der Waals surface area (Å²) in [7, 11) is 1.36. The fourth-order valence-corrected chi connectivity index (χ4v) is 5.56. The van der Waals surface area contributed by atoms with Gasteiger partial charge >= 0.3 is 6.18 Å². The maximum absolute atomic E-state index is 13.5. The molecule has 2 aliphatic heterocycles. The van der Waals surface area contributed by atoms with Gasteiger partial charge in [-0.25, -0.2) is 10.4 Å². The predicted molar refractivity (Wildman–Crippen MR) is 151 cm³/mol. The Morgan fingerprint density at radius 2 is 1.74 bits per heavy atom. The molecule has 1 saturated carbocycles. The fraction of sp³-hybridized carbons (Fsp3) is 0.433. The smallest absolute Gasteiger partial charge is 0.435 e. The van der Waals surface area contributed by atoms with Gasteiger partial charge in [-0.3, -0.25) is 9.59 Å². The lowest BCUT2D eigenvalue weighted by Gasteiger charge is -2.30. The van der Waals surface area contributed by atoms with Crippen LogP contribution in [0.3, 0.4) is 0 Å². The van der Waals surface area contributed by atoms with Gasteiger partial charge in [-0.2, -0.15) is 33.0 Å². The van der Waals surface area contributed by atoms with Crippen LogP contribution in [-0.2, 0) is 15.8 Å². The van der Waals surface area contributed by atoms with Gasteiger partial charge in [0.25, 0.3) is 0 Å². The Balaban J connectivity index is 1.19. The van der Waals surface area contributed by atoms with Gasteiger partial charge in [0.1, 0.15) is 5.75 Å². The van der Waals surface area contributed by atoms with Crippen LogP contribution in [0.25, 0.3) is 5.52 Å². The van der Waals surface area contributed by atoms with Crippen LogP contribution in [0.1, 0.15) is 56.4 Å². The van der Waals surface area contributed by atoms with E-state index in [-0.39, 0.29) is 46.9 Å². The molecular formula is C30H31F3N6O4. The highest BCUT2D eigenvalue weighted by molar-refractivity contribution is 6.10. The maximum atomic E-state index is 13.5. The van der Waals surface area contributed by atoms with E-state index in [4.69, 9.17) is 9.47 Å². The number of methoxy groups -OCH3 is 1. The first-order chi connectivity index (χ1) is 20.5. The van der Waals surface area contributed by atoms with Crippen molar-refractivity contribution in [3.05, 3.63) is 59.3 Å². The maximum Gasteiger partial charge on any atom is 0.435 e. The second-order valence-electron chi connectivity index (χ2n) is 11.6. The Hall–Kier alpha value is -4.42. The summed E-state index contributed by atoms with van der Waals surface area (Å²) in [4.78, 5) is 24.6. The van der Waals surface area contributed by atoms with E-state index in [2.05, 4.69) is 20.7 Å². The topological polar surface area (TPSA) is 110 Å². The molecule has 6 rings (SSSR count). The number of nitrogens with zero attached hydrogens (tertiary/aromatic N) is 5. The minimum Gasteiger partial charge on any atom is -0.493 e. The van der Waals surface area contributed by atoms with Gasteiger partial charge in [0.2, 0.25) is 17.7 Å². The molecule has 43 heavy (non-hydrogen) atoms. The van der Waals surface area contributed by atoms with E-state index in [1.54, 1.807) is 12.1 Å². The van der Waals surface area contributed by atoms with Crippen molar-refractivity contribution >= 4 is 28.8 Å². The summed E-state index contributed by atoms with van der Waals surface area (Å²) in [6.07, 6.45) is -2.35. The van der Waals surface area contributed by atoms with E-state index >= 15 is 0 Å². The van der Waals surface area contributed by atoms with Crippen LogP contribution in [0.2, 0.25) is 0 Å². The molecule has 2 aromatic heterocycles. The Kier molecular flexibility index (Phi) is 7.13. The number of benzene rings is 1. The van der Waals surface area contributed by atoms with Gasteiger partial charge < -0.3 is 9.47 Å². The summed E-state index contributed by atoms with van der Waals surface area (Å²) in [6.45, 7) is 4.52. The monoisotopic (exact) mass is 596 g/mol. The Morgan fingerprint density at radius 3 is 2.40 bits per heavy atom. The molecule has 4 heterocycles. The molecule has 2 amide bonds. The van der Waals surface area contributed by atoms with Crippen molar-refractivity contribution < 1.29 is 32.2 Å². The van der Waals surface area contributed by atoms with Gasteiger partial charge in [0, 0.05) is 41.7 Å². The summed E-state index contributed by atoms with van der Waals surface area (Å²) in [6, 6.07) is 11.7. The number of alkyl halides is 3. The molecule has 13 heteroatoms. The number of hydrogen-bond donors (Lipinski definition) is 1. The number of hydrazone groups is 2. The number of nitrogens with one attached hydrogen (secondary N) is 1. The molecule has 0 bridgehead atoms. The second-order valence-corrected chi connectivity index (χ2v) is 11.6. The number of ether oxygens (including phenoxy) is 2. The third-order valence-electron chi connectivity index (χ3n) is 8.22. The zero-order valence-electron chi connectivity index (χ0n) is 23.9. The zero-order chi connectivity index (χ0) is 30.5. The van der Waals surface area contributed by atoms with Gasteiger partial charge in [-0.05, 0) is 54.8 Å². The molecule has 3 aliphatic rings. The highest BCUT2D eigenvalue weighted by atomic mass is 19.4. The molecule has 1 aromatic carbocycles. The van der Waals surface area contributed by atoms with Crippen molar-refractivity contribution in [1.29, 1.82) is 0 Å². The lowest BCUT2D eigenvalue weighted by molar-refractivity contribution is -0.141. The molecule has 1 aliphatic carbocycles. The Morgan fingerprint density at radius 1 is 1.02 bits per heavy atom. The van der Waals surface area contributed by atoms with Crippen LogP contribution in [0, 0.1) is 17.3 Å². The number of rotatable bonds is 8. The lowest BCUT2D eigenvalue weighted by atomic mass is 9.93. The first-order valence-electron chi connectivity index (χ1n) is 14.1. The molecule has 3 aromatic rings. The van der Waals surface area contributed by atoms with Crippen molar-refractivity contribution in [3.63, 3.8) is 0 Å². The van der Waals surface area contributed by atoms with E-state index in [0.29, 0.717) is 36.6 Å². The van der Waals surface area contributed by atoms with Crippen LogP contribution in [0.5, 0.6) is 11.6 Å². The van der Waals surface area contributed by atoms with E-state index in [9.17, 15) is 22.8 Å². The van der Waals surface area contributed by atoms with Crippen LogP contribution in [0.15, 0.2) is 52.7 Å². The first-order valence-corrected chi connectivity index (χ1v) is 14.1. The third kappa shape index (κ3) is 5.67. The van der Waals surface area contributed by atoms with Gasteiger partial charge in [-0.1, -0.05) is 13.8 Å². The molecule has 0 saturated heterocycles. The normalized spacial score (nSPS) is 21.8. The minimum absolute atomic E-state index is 0.0140. The summed E-state index contributed by atoms with van der Waals surface area (Å²) >= 11 is 0. The van der Waals surface area contributed by atoms with Gasteiger partial charge in [-0.15, -0.1) is 0 Å². The SMILES string of the molecule is COc1ccc(C2=NN(CC3(COc4ccc(C5=NNC(=O)CC5C)cc4)CC3)C(=O)CC2C)c2cc(C(F)(F)F)nn12. The number of amides is 2. The average molecular weight is 597 g/mol. The number of halogens is 3. The van der Waals surface area contributed by atoms with Crippen LogP contribution < -0.4 is 14.9 Å². The van der Waals surface area contributed by atoms with Gasteiger partial charge in [0.05, 0.1) is 37.2 Å². The standard InChI is InChI=1S/C30H31F3N6O4/c1-17-12-24(40)34-35-27(17)19-4-6-20(7-5-19)43-16-29(10-11-29)15-38-25(41)13-18(2)28(37-38)21-8-9-26(42-3)39-22(21)14-23(36-39)30(31,32)33/h4-9,14,17-18H,10-13,15-16H2,1-3H3,(H,34,40). The number of carbonyl (C=O) groups is 2. The number of aromatic nitrogens is 2. The van der Waals surface area contributed by atoms with Crippen molar-refractivity contribution in [2.45, 2.75) is 45.7 Å². The average Bonchev–Trinajstić information content (AvgIpc) is 3.56. The Labute approximate surface area is 245 Å². The van der Waals surface area contributed by atoms with Crippen molar-refractivity contribution in [3.8, 4) is 11.6 Å². The van der Waals surface area contributed by atoms with Crippen molar-refractivity contribution in [2.75, 3.05) is 20.3 Å². The van der Waals surface area contributed by atoms with Gasteiger partial charge in [0.15, 0.2) is 5.69 Å². The molecule has 226 valence electrons. The van der Waals surface area contributed by atoms with E-state index in [1.165, 1.54) is 12.1 Å². The quantitative estimate of drug-likeness (QED) is 0.407. The minimum atomic E-state index is -4.63. The van der Waals surface area contributed by atoms with E-state index in [1.807, 2.05) is 38.1 Å². The summed E-state index contributed by atoms with van der Waals surface area (Å²) in [5.41, 5.74) is 4.13. The van der Waals surface area contributed by atoms with Crippen LogP contribution >= 0.6 is 0 Å². The van der Waals surface area contributed by atoms with Crippen LogP contribution in [0.4, 0.5) is 13.2 Å². The zero-order valence-corrected chi connectivity index (χ0v) is 23.9. The molecule has 10 nitrogen and oxygen atoms in total. The molecular weight excluding hydrogens is 565 g/mol. The van der Waals surface area contributed by atoms with E-state index < -0.39 is 11.9 Å². The number of fused-ring (bicyclic) bond motifs is 1. The number of carbonyl (C=O) groups excluding carboxylic acids is 2. The summed E-state index contributed by atoms with van der Waals surface area (Å²) in [5, 5.41) is 14.0.